The van der Waals surface area contributed by atoms with E-state index in [1.54, 1.807) is 0 Å². The van der Waals surface area contributed by atoms with E-state index in [1.165, 1.54) is 4.80 Å². The lowest BCUT2D eigenvalue weighted by atomic mass is 10.1. The zero-order valence-electron chi connectivity index (χ0n) is 9.48. The number of hydrogen-bond donors (Lipinski definition) is 2. The van der Waals surface area contributed by atoms with Gasteiger partial charge < -0.3 is 10.2 Å². The molecule has 0 spiro atoms. The number of aliphatic hydroxyl groups excluding tert-OH is 2. The lowest BCUT2D eigenvalue weighted by Gasteiger charge is -2.03. The lowest BCUT2D eigenvalue weighted by molar-refractivity contribution is 0.0742. The zero-order valence-corrected chi connectivity index (χ0v) is 9.48. The van der Waals surface area contributed by atoms with Crippen LogP contribution >= 0.6 is 0 Å². The van der Waals surface area contributed by atoms with Crippen LogP contribution < -0.4 is 0 Å². The summed E-state index contributed by atoms with van der Waals surface area (Å²) in [5.74, 6) is 0.522. The molecule has 0 aliphatic heterocycles. The summed E-state index contributed by atoms with van der Waals surface area (Å²) in [4.78, 5) is 1.28. The number of nitrogens with zero attached hydrogens (tertiary/aromatic N) is 4. The first-order valence-electron chi connectivity index (χ1n) is 5.33. The van der Waals surface area contributed by atoms with E-state index in [9.17, 15) is 5.11 Å². The Kier molecular flexibility index (Phi) is 3.46. The first kappa shape index (κ1) is 11.7. The maximum atomic E-state index is 9.27. The minimum atomic E-state index is -0.867. The van der Waals surface area contributed by atoms with Gasteiger partial charge in [0, 0.05) is 5.56 Å². The van der Waals surface area contributed by atoms with Crippen LogP contribution in [0.15, 0.2) is 24.3 Å². The summed E-state index contributed by atoms with van der Waals surface area (Å²) in [5, 5.41) is 29.9. The Morgan fingerprint density at radius 2 is 2.12 bits per heavy atom. The average Bonchev–Trinajstić information content (AvgIpc) is 2.78. The van der Waals surface area contributed by atoms with Crippen LogP contribution in [0.5, 0.6) is 0 Å². The van der Waals surface area contributed by atoms with Gasteiger partial charge in [0.1, 0.15) is 0 Å². The number of tetrazole rings is 1. The topological polar surface area (TPSA) is 84.1 Å². The molecule has 0 amide bonds. The van der Waals surface area contributed by atoms with Gasteiger partial charge in [0.15, 0.2) is 0 Å². The zero-order chi connectivity index (χ0) is 12.3. The number of benzene rings is 1. The maximum absolute atomic E-state index is 9.27. The van der Waals surface area contributed by atoms with E-state index in [0.717, 1.165) is 11.1 Å². The van der Waals surface area contributed by atoms with E-state index < -0.39 is 6.10 Å². The Morgan fingerprint density at radius 3 is 2.82 bits per heavy atom. The molecule has 0 fully saturated rings. The van der Waals surface area contributed by atoms with Crippen molar-refractivity contribution in [2.45, 2.75) is 19.6 Å². The summed E-state index contributed by atoms with van der Waals surface area (Å²) in [6, 6.07) is 7.74. The van der Waals surface area contributed by atoms with Crippen molar-refractivity contribution < 1.29 is 10.2 Å². The number of hydrogen-bond acceptors (Lipinski definition) is 5. The minimum absolute atomic E-state index is 0.134. The quantitative estimate of drug-likeness (QED) is 0.778. The van der Waals surface area contributed by atoms with Crippen LogP contribution in [-0.4, -0.2) is 43.1 Å². The molecule has 0 radical (unpaired) electrons. The van der Waals surface area contributed by atoms with Gasteiger partial charge in [-0.15, -0.1) is 10.2 Å². The molecule has 0 bridgehead atoms. The van der Waals surface area contributed by atoms with E-state index in [0.29, 0.717) is 5.82 Å². The second-order valence-electron chi connectivity index (χ2n) is 3.82. The lowest BCUT2D eigenvalue weighted by Crippen LogP contribution is -2.21. The Hall–Kier alpha value is -1.79. The van der Waals surface area contributed by atoms with Crippen molar-refractivity contribution in [1.29, 1.82) is 0 Å². The number of aryl methyl sites for hydroxylation is 1. The molecule has 1 atom stereocenters. The van der Waals surface area contributed by atoms with Crippen molar-refractivity contribution in [3.8, 4) is 11.4 Å². The highest BCUT2D eigenvalue weighted by Crippen LogP contribution is 2.17. The predicted molar refractivity (Wildman–Crippen MR) is 61.1 cm³/mol. The van der Waals surface area contributed by atoms with Crippen molar-refractivity contribution in [2.24, 2.45) is 0 Å². The van der Waals surface area contributed by atoms with E-state index in [1.807, 2.05) is 31.2 Å². The number of rotatable bonds is 4. The molecule has 1 aromatic heterocycles. The van der Waals surface area contributed by atoms with Crippen LogP contribution in [-0.2, 0) is 6.54 Å². The van der Waals surface area contributed by atoms with Gasteiger partial charge in [-0.2, -0.15) is 4.80 Å². The first-order chi connectivity index (χ1) is 8.20. The standard InChI is InChI=1S/C11H14N4O2/c1-8-4-2-3-5-10(8)11-12-14-15(13-11)6-9(17)7-16/h2-5,9,16-17H,6-7H2,1H3/t9-/m1/s1. The molecule has 2 rings (SSSR count). The highest BCUT2D eigenvalue weighted by atomic mass is 16.3. The maximum Gasteiger partial charge on any atom is 0.205 e. The van der Waals surface area contributed by atoms with Gasteiger partial charge in [-0.25, -0.2) is 0 Å². The summed E-state index contributed by atoms with van der Waals surface area (Å²) < 4.78 is 0. The summed E-state index contributed by atoms with van der Waals surface area (Å²) in [6.45, 7) is 1.79. The fraction of sp³-hybridized carbons (Fsp3) is 0.364. The van der Waals surface area contributed by atoms with Gasteiger partial charge in [-0.3, -0.25) is 0 Å². The van der Waals surface area contributed by atoms with E-state index in [-0.39, 0.29) is 13.2 Å². The van der Waals surface area contributed by atoms with Crippen LogP contribution in [0.25, 0.3) is 11.4 Å². The van der Waals surface area contributed by atoms with Crippen LogP contribution in [0, 0.1) is 6.92 Å². The van der Waals surface area contributed by atoms with Gasteiger partial charge in [0.2, 0.25) is 5.82 Å². The highest BCUT2D eigenvalue weighted by Gasteiger charge is 2.10. The van der Waals surface area contributed by atoms with Crippen molar-refractivity contribution in [3.63, 3.8) is 0 Å². The Balaban J connectivity index is 2.21. The predicted octanol–water partition coefficient (Wildman–Crippen LogP) is 0.00172. The van der Waals surface area contributed by atoms with Gasteiger partial charge >= 0.3 is 0 Å². The molecule has 90 valence electrons. The number of aliphatic hydroxyl groups is 2. The Labute approximate surface area is 98.5 Å². The molecule has 0 saturated carbocycles. The monoisotopic (exact) mass is 234 g/mol. The first-order valence-corrected chi connectivity index (χ1v) is 5.33. The molecule has 2 N–H and O–H groups in total. The van der Waals surface area contributed by atoms with Crippen molar-refractivity contribution in [3.05, 3.63) is 29.8 Å². The van der Waals surface area contributed by atoms with Gasteiger partial charge in [-0.1, -0.05) is 24.3 Å². The average molecular weight is 234 g/mol. The second-order valence-corrected chi connectivity index (χ2v) is 3.82. The largest absolute Gasteiger partial charge is 0.394 e. The van der Waals surface area contributed by atoms with Crippen LogP contribution in [0.2, 0.25) is 0 Å². The Bertz CT molecular complexity index is 498. The molecule has 0 saturated heterocycles. The Morgan fingerprint density at radius 1 is 1.35 bits per heavy atom. The number of aromatic nitrogens is 4. The minimum Gasteiger partial charge on any atom is -0.394 e. The van der Waals surface area contributed by atoms with E-state index in [2.05, 4.69) is 15.4 Å². The summed E-state index contributed by atoms with van der Waals surface area (Å²) >= 11 is 0. The molecule has 1 heterocycles. The fourth-order valence-corrected chi connectivity index (χ4v) is 1.50. The molecule has 6 nitrogen and oxygen atoms in total. The van der Waals surface area contributed by atoms with Gasteiger partial charge in [0.05, 0.1) is 19.3 Å². The molecular weight excluding hydrogens is 220 g/mol. The van der Waals surface area contributed by atoms with Gasteiger partial charge in [0.25, 0.3) is 0 Å². The molecule has 17 heavy (non-hydrogen) atoms. The molecular formula is C11H14N4O2. The van der Waals surface area contributed by atoms with Crippen molar-refractivity contribution >= 4 is 0 Å². The summed E-state index contributed by atoms with van der Waals surface area (Å²) in [7, 11) is 0. The fourth-order valence-electron chi connectivity index (χ4n) is 1.50. The molecule has 2 aromatic rings. The van der Waals surface area contributed by atoms with Gasteiger partial charge in [-0.05, 0) is 17.7 Å². The second kappa shape index (κ2) is 5.03. The van der Waals surface area contributed by atoms with E-state index in [4.69, 9.17) is 5.11 Å². The van der Waals surface area contributed by atoms with Crippen molar-refractivity contribution in [2.75, 3.05) is 6.61 Å². The normalized spacial score (nSPS) is 12.6. The smallest absolute Gasteiger partial charge is 0.205 e. The van der Waals surface area contributed by atoms with Crippen LogP contribution in [0.4, 0.5) is 0 Å². The molecule has 0 unspecified atom stereocenters. The molecule has 0 aliphatic rings. The SMILES string of the molecule is Cc1ccccc1-c1nnn(C[C@@H](O)CO)n1. The van der Waals surface area contributed by atoms with Crippen molar-refractivity contribution in [1.82, 2.24) is 20.2 Å². The third-order valence-electron chi connectivity index (χ3n) is 2.42. The summed E-state index contributed by atoms with van der Waals surface area (Å²) in [5.41, 5.74) is 1.98. The van der Waals surface area contributed by atoms with Crippen LogP contribution in [0.1, 0.15) is 5.56 Å². The van der Waals surface area contributed by atoms with E-state index >= 15 is 0 Å². The van der Waals surface area contributed by atoms with Crippen LogP contribution in [0.3, 0.4) is 0 Å². The molecule has 1 aromatic carbocycles. The molecule has 0 aliphatic carbocycles. The molecule has 6 heteroatoms. The third-order valence-corrected chi connectivity index (χ3v) is 2.42. The highest BCUT2D eigenvalue weighted by molar-refractivity contribution is 5.58. The summed E-state index contributed by atoms with van der Waals surface area (Å²) in [6.07, 6.45) is -0.867. The third kappa shape index (κ3) is 2.66.